The number of unbranched alkanes of at least 4 members (excludes halogenated alkanes) is 3. The molecule has 3 N–H and O–H groups in total. The van der Waals surface area contributed by atoms with Crippen molar-refractivity contribution in [2.45, 2.75) is 38.5 Å². The minimum atomic E-state index is 0.125. The molecule has 0 aliphatic carbocycles. The van der Waals surface area contributed by atoms with Crippen LogP contribution in [0.4, 0.5) is 0 Å². The van der Waals surface area contributed by atoms with Crippen LogP contribution in [0.3, 0.4) is 0 Å². The maximum Gasteiger partial charge on any atom is 0.220 e. The number of carbonyl (C=O) groups excluding carboxylic acids is 1. The third-order valence-electron chi connectivity index (χ3n) is 3.03. The van der Waals surface area contributed by atoms with Gasteiger partial charge in [-0.05, 0) is 37.4 Å². The van der Waals surface area contributed by atoms with E-state index in [1.807, 2.05) is 24.3 Å². The number of hydrogen-bond acceptors (Lipinski definition) is 2. The van der Waals surface area contributed by atoms with E-state index in [0.717, 1.165) is 49.2 Å². The second-order valence-electron chi connectivity index (χ2n) is 4.64. The molecule has 4 heteroatoms. The lowest BCUT2D eigenvalue weighted by molar-refractivity contribution is -0.121. The third kappa shape index (κ3) is 7.19. The van der Waals surface area contributed by atoms with E-state index < -0.39 is 0 Å². The minimum Gasteiger partial charge on any atom is -0.356 e. The maximum absolute atomic E-state index is 11.6. The summed E-state index contributed by atoms with van der Waals surface area (Å²) in [6.45, 7) is 1.38. The van der Waals surface area contributed by atoms with Gasteiger partial charge in [0.25, 0.3) is 0 Å². The fourth-order valence-corrected chi connectivity index (χ4v) is 2.14. The summed E-state index contributed by atoms with van der Waals surface area (Å²) in [6, 6.07) is 7.73. The van der Waals surface area contributed by atoms with Crippen LogP contribution in [-0.2, 0) is 11.2 Å². The fourth-order valence-electron chi connectivity index (χ4n) is 1.91. The molecule has 0 heterocycles. The second-order valence-corrected chi connectivity index (χ2v) is 5.05. The standard InChI is InChI=1S/C15H23ClN2O/c16-14-8-5-4-7-13(14)10-12-18-15(19)9-3-1-2-6-11-17/h4-5,7-8H,1-3,6,9-12,17H2,(H,18,19). The summed E-state index contributed by atoms with van der Waals surface area (Å²) in [5.74, 6) is 0.125. The first-order chi connectivity index (χ1) is 9.24. The molecule has 0 fully saturated rings. The van der Waals surface area contributed by atoms with E-state index in [1.165, 1.54) is 0 Å². The molecule has 0 spiro atoms. The Labute approximate surface area is 120 Å². The Morgan fingerprint density at radius 1 is 1.16 bits per heavy atom. The van der Waals surface area contributed by atoms with Gasteiger partial charge in [0, 0.05) is 18.0 Å². The number of halogens is 1. The van der Waals surface area contributed by atoms with Crippen molar-refractivity contribution in [1.29, 1.82) is 0 Å². The molecule has 0 unspecified atom stereocenters. The number of nitrogens with one attached hydrogen (secondary N) is 1. The van der Waals surface area contributed by atoms with Crippen LogP contribution >= 0.6 is 11.6 Å². The largest absolute Gasteiger partial charge is 0.356 e. The lowest BCUT2D eigenvalue weighted by atomic mass is 10.1. The number of amides is 1. The van der Waals surface area contributed by atoms with Crippen LogP contribution in [-0.4, -0.2) is 19.0 Å². The Balaban J connectivity index is 2.09. The lowest BCUT2D eigenvalue weighted by Gasteiger charge is -2.06. The molecule has 0 atom stereocenters. The van der Waals surface area contributed by atoms with Gasteiger partial charge in [0.15, 0.2) is 0 Å². The third-order valence-corrected chi connectivity index (χ3v) is 3.40. The Hall–Kier alpha value is -1.06. The van der Waals surface area contributed by atoms with Gasteiger partial charge in [0.1, 0.15) is 0 Å². The molecule has 19 heavy (non-hydrogen) atoms. The zero-order valence-electron chi connectivity index (χ0n) is 11.3. The first-order valence-electron chi connectivity index (χ1n) is 6.94. The summed E-state index contributed by atoms with van der Waals surface area (Å²) in [6.07, 6.45) is 5.57. The number of nitrogens with two attached hydrogens (primary N) is 1. The van der Waals surface area contributed by atoms with Crippen molar-refractivity contribution in [2.75, 3.05) is 13.1 Å². The van der Waals surface area contributed by atoms with Crippen LogP contribution in [0.15, 0.2) is 24.3 Å². The monoisotopic (exact) mass is 282 g/mol. The summed E-state index contributed by atoms with van der Waals surface area (Å²) in [5, 5.41) is 3.69. The Bertz CT molecular complexity index is 382. The van der Waals surface area contributed by atoms with Gasteiger partial charge in [-0.15, -0.1) is 0 Å². The van der Waals surface area contributed by atoms with Crippen LogP contribution in [0.2, 0.25) is 5.02 Å². The van der Waals surface area contributed by atoms with Gasteiger partial charge in [0.2, 0.25) is 5.91 Å². The molecule has 0 bridgehead atoms. The first-order valence-corrected chi connectivity index (χ1v) is 7.32. The molecule has 0 saturated carbocycles. The molecule has 1 rings (SSSR count). The summed E-state index contributed by atoms with van der Waals surface area (Å²) in [5.41, 5.74) is 6.49. The van der Waals surface area contributed by atoms with Crippen molar-refractivity contribution in [3.63, 3.8) is 0 Å². The highest BCUT2D eigenvalue weighted by Gasteiger charge is 2.02. The van der Waals surface area contributed by atoms with E-state index >= 15 is 0 Å². The van der Waals surface area contributed by atoms with Crippen molar-refractivity contribution in [2.24, 2.45) is 5.73 Å². The highest BCUT2D eigenvalue weighted by Crippen LogP contribution is 2.14. The van der Waals surface area contributed by atoms with E-state index in [1.54, 1.807) is 0 Å². The number of benzene rings is 1. The van der Waals surface area contributed by atoms with Crippen LogP contribution in [0, 0.1) is 0 Å². The van der Waals surface area contributed by atoms with E-state index in [2.05, 4.69) is 5.32 Å². The van der Waals surface area contributed by atoms with Crippen LogP contribution in [0.25, 0.3) is 0 Å². The van der Waals surface area contributed by atoms with Gasteiger partial charge in [-0.2, -0.15) is 0 Å². The van der Waals surface area contributed by atoms with E-state index in [-0.39, 0.29) is 5.91 Å². The minimum absolute atomic E-state index is 0.125. The Kier molecular flexibility index (Phi) is 8.26. The molecule has 0 aromatic heterocycles. The van der Waals surface area contributed by atoms with Crippen molar-refractivity contribution >= 4 is 17.5 Å². The second kappa shape index (κ2) is 9.82. The smallest absolute Gasteiger partial charge is 0.220 e. The molecular formula is C15H23ClN2O. The summed E-state index contributed by atoms with van der Waals surface area (Å²) in [7, 11) is 0. The average Bonchev–Trinajstić information content (AvgIpc) is 2.41. The van der Waals surface area contributed by atoms with E-state index in [9.17, 15) is 4.79 Å². The quantitative estimate of drug-likeness (QED) is 0.684. The number of carbonyl (C=O) groups is 1. The maximum atomic E-state index is 11.6. The molecule has 106 valence electrons. The van der Waals surface area contributed by atoms with Crippen LogP contribution < -0.4 is 11.1 Å². The molecule has 1 amide bonds. The molecule has 0 radical (unpaired) electrons. The SMILES string of the molecule is NCCCCCCC(=O)NCCc1ccccc1Cl. The van der Waals surface area contributed by atoms with Crippen LogP contribution in [0.5, 0.6) is 0 Å². The number of hydrogen-bond donors (Lipinski definition) is 2. The zero-order chi connectivity index (χ0) is 13.9. The van der Waals surface area contributed by atoms with Gasteiger partial charge in [0.05, 0.1) is 0 Å². The highest BCUT2D eigenvalue weighted by molar-refractivity contribution is 6.31. The zero-order valence-corrected chi connectivity index (χ0v) is 12.1. The summed E-state index contributed by atoms with van der Waals surface area (Å²) in [4.78, 5) is 11.6. The molecule has 0 aliphatic heterocycles. The molecule has 0 saturated heterocycles. The number of rotatable bonds is 9. The lowest BCUT2D eigenvalue weighted by Crippen LogP contribution is -2.25. The van der Waals surface area contributed by atoms with Gasteiger partial charge in [-0.1, -0.05) is 42.6 Å². The van der Waals surface area contributed by atoms with E-state index in [0.29, 0.717) is 13.0 Å². The van der Waals surface area contributed by atoms with E-state index in [4.69, 9.17) is 17.3 Å². The predicted octanol–water partition coefficient (Wildman–Crippen LogP) is 2.91. The fraction of sp³-hybridized carbons (Fsp3) is 0.533. The van der Waals surface area contributed by atoms with Gasteiger partial charge < -0.3 is 11.1 Å². The average molecular weight is 283 g/mol. The Morgan fingerprint density at radius 2 is 1.89 bits per heavy atom. The predicted molar refractivity (Wildman–Crippen MR) is 80.3 cm³/mol. The molecule has 3 nitrogen and oxygen atoms in total. The summed E-state index contributed by atoms with van der Waals surface area (Å²) >= 11 is 6.05. The van der Waals surface area contributed by atoms with Crippen molar-refractivity contribution in [3.8, 4) is 0 Å². The molecule has 1 aromatic rings. The Morgan fingerprint density at radius 3 is 2.63 bits per heavy atom. The van der Waals surface area contributed by atoms with Crippen molar-refractivity contribution < 1.29 is 4.79 Å². The molecule has 0 aliphatic rings. The van der Waals surface area contributed by atoms with Crippen LogP contribution in [0.1, 0.15) is 37.7 Å². The topological polar surface area (TPSA) is 55.1 Å². The normalized spacial score (nSPS) is 10.4. The molecular weight excluding hydrogens is 260 g/mol. The molecule has 1 aromatic carbocycles. The van der Waals surface area contributed by atoms with Crippen molar-refractivity contribution in [3.05, 3.63) is 34.9 Å². The van der Waals surface area contributed by atoms with Gasteiger partial charge in [-0.25, -0.2) is 0 Å². The first kappa shape index (κ1) is 16.0. The van der Waals surface area contributed by atoms with Crippen molar-refractivity contribution in [1.82, 2.24) is 5.32 Å². The highest BCUT2D eigenvalue weighted by atomic mass is 35.5. The van der Waals surface area contributed by atoms with Gasteiger partial charge >= 0.3 is 0 Å². The van der Waals surface area contributed by atoms with Gasteiger partial charge in [-0.3, -0.25) is 4.79 Å². The summed E-state index contributed by atoms with van der Waals surface area (Å²) < 4.78 is 0.